The van der Waals surface area contributed by atoms with E-state index in [1.165, 1.54) is 0 Å². The molecule has 1 aliphatic rings. The molecule has 1 rings (SSSR count). The van der Waals surface area contributed by atoms with Gasteiger partial charge in [0.05, 0.1) is 5.57 Å². The van der Waals surface area contributed by atoms with Crippen molar-refractivity contribution < 1.29 is 4.74 Å². The van der Waals surface area contributed by atoms with Crippen LogP contribution < -0.4 is 0 Å². The van der Waals surface area contributed by atoms with Crippen LogP contribution in [0.15, 0.2) is 23.5 Å². The molecule has 0 fully saturated rings. The van der Waals surface area contributed by atoms with Crippen molar-refractivity contribution in [1.29, 1.82) is 0 Å². The van der Waals surface area contributed by atoms with Gasteiger partial charge in [-0.2, -0.15) is 0 Å². The lowest BCUT2D eigenvalue weighted by Crippen LogP contribution is -2.21. The zero-order valence-corrected chi connectivity index (χ0v) is 14.0. The summed E-state index contributed by atoms with van der Waals surface area (Å²) in [5, 5.41) is 0. The minimum atomic E-state index is -1.36. The van der Waals surface area contributed by atoms with Crippen molar-refractivity contribution in [3.63, 3.8) is 0 Å². The highest BCUT2D eigenvalue weighted by Crippen LogP contribution is 2.24. The molecule has 3 heteroatoms. The van der Waals surface area contributed by atoms with Crippen molar-refractivity contribution in [2.24, 2.45) is 0 Å². The Bertz CT molecular complexity index is 461. The van der Waals surface area contributed by atoms with Gasteiger partial charge in [0.2, 0.25) is 0 Å². The van der Waals surface area contributed by atoms with Gasteiger partial charge in [0.25, 0.3) is 0 Å². The molecule has 0 spiro atoms. The molecule has 0 heterocycles. The standard InChI is InChI=1S/C15H22OSSi/c1-15(2,3)16-14-11-13(17)8-7-12(14)9-10-18(4,5)6/h7,11H,8H2,1-6H3. The molecule has 0 bridgehead atoms. The molecule has 0 saturated carbocycles. The van der Waals surface area contributed by atoms with Crippen LogP contribution in [-0.4, -0.2) is 18.5 Å². The highest BCUT2D eigenvalue weighted by molar-refractivity contribution is 7.80. The van der Waals surface area contributed by atoms with Gasteiger partial charge in [-0.1, -0.05) is 43.9 Å². The molecule has 0 saturated heterocycles. The lowest BCUT2D eigenvalue weighted by molar-refractivity contribution is 0.0584. The minimum absolute atomic E-state index is 0.223. The fraction of sp³-hybridized carbons (Fsp3) is 0.533. The second kappa shape index (κ2) is 5.42. The summed E-state index contributed by atoms with van der Waals surface area (Å²) in [6.07, 6.45) is 4.81. The van der Waals surface area contributed by atoms with E-state index in [-0.39, 0.29) is 5.60 Å². The smallest absolute Gasteiger partial charge is 0.136 e. The average molecular weight is 278 g/mol. The van der Waals surface area contributed by atoms with Gasteiger partial charge in [0.1, 0.15) is 19.4 Å². The molecule has 0 radical (unpaired) electrons. The molecule has 1 aliphatic carbocycles. The molecule has 0 N–H and O–H groups in total. The van der Waals surface area contributed by atoms with E-state index in [9.17, 15) is 0 Å². The first kappa shape index (κ1) is 15.2. The predicted octanol–water partition coefficient (Wildman–Crippen LogP) is 4.27. The Kier molecular flexibility index (Phi) is 4.58. The molecule has 0 aliphatic heterocycles. The van der Waals surface area contributed by atoms with Crippen LogP contribution in [0.2, 0.25) is 19.6 Å². The quantitative estimate of drug-likeness (QED) is 0.402. The summed E-state index contributed by atoms with van der Waals surface area (Å²) in [4.78, 5) is 0.910. The Morgan fingerprint density at radius 2 is 1.89 bits per heavy atom. The molecule has 0 aromatic carbocycles. The monoisotopic (exact) mass is 278 g/mol. The zero-order valence-electron chi connectivity index (χ0n) is 12.2. The Labute approximate surface area is 117 Å². The number of hydrogen-bond donors (Lipinski definition) is 0. The van der Waals surface area contributed by atoms with Crippen LogP contribution in [0.5, 0.6) is 0 Å². The molecule has 0 atom stereocenters. The van der Waals surface area contributed by atoms with Crippen LogP contribution >= 0.6 is 12.2 Å². The van der Waals surface area contributed by atoms with Gasteiger partial charge in [0, 0.05) is 11.3 Å². The zero-order chi connectivity index (χ0) is 14.0. The van der Waals surface area contributed by atoms with E-state index in [4.69, 9.17) is 17.0 Å². The number of thiocarbonyl (C=S) groups is 1. The van der Waals surface area contributed by atoms with Crippen molar-refractivity contribution >= 4 is 25.2 Å². The highest BCUT2D eigenvalue weighted by Gasteiger charge is 2.19. The SMILES string of the molecule is CC(C)(C)OC1=CC(=S)CC=C1C#C[Si](C)(C)C. The molecule has 0 aromatic heterocycles. The molecule has 0 unspecified atom stereocenters. The Morgan fingerprint density at radius 3 is 2.39 bits per heavy atom. The van der Waals surface area contributed by atoms with E-state index < -0.39 is 8.07 Å². The van der Waals surface area contributed by atoms with Gasteiger partial charge >= 0.3 is 0 Å². The van der Waals surface area contributed by atoms with Crippen molar-refractivity contribution in [3.05, 3.63) is 23.5 Å². The maximum Gasteiger partial charge on any atom is 0.136 e. The topological polar surface area (TPSA) is 9.23 Å². The highest BCUT2D eigenvalue weighted by atomic mass is 32.1. The summed E-state index contributed by atoms with van der Waals surface area (Å²) < 4.78 is 5.95. The minimum Gasteiger partial charge on any atom is -0.487 e. The van der Waals surface area contributed by atoms with Crippen molar-refractivity contribution in [2.75, 3.05) is 0 Å². The summed E-state index contributed by atoms with van der Waals surface area (Å²) in [6.45, 7) is 12.8. The van der Waals surface area contributed by atoms with E-state index in [0.29, 0.717) is 0 Å². The van der Waals surface area contributed by atoms with Crippen molar-refractivity contribution in [1.82, 2.24) is 0 Å². The van der Waals surface area contributed by atoms with E-state index in [1.54, 1.807) is 0 Å². The molecule has 0 aromatic rings. The van der Waals surface area contributed by atoms with Crippen LogP contribution in [-0.2, 0) is 4.74 Å². The van der Waals surface area contributed by atoms with Crippen LogP contribution in [0.1, 0.15) is 27.2 Å². The number of ether oxygens (including phenoxy) is 1. The van der Waals surface area contributed by atoms with Gasteiger partial charge in [-0.15, -0.1) is 5.54 Å². The van der Waals surface area contributed by atoms with Gasteiger partial charge in [-0.25, -0.2) is 0 Å². The third kappa shape index (κ3) is 5.66. The van der Waals surface area contributed by atoms with E-state index in [0.717, 1.165) is 22.6 Å². The molecule has 18 heavy (non-hydrogen) atoms. The first-order chi connectivity index (χ1) is 8.07. The number of hydrogen-bond acceptors (Lipinski definition) is 2. The third-order valence-electron chi connectivity index (χ3n) is 2.05. The number of rotatable bonds is 1. The fourth-order valence-corrected chi connectivity index (χ4v) is 2.07. The Hall–Kier alpha value is -0.853. The van der Waals surface area contributed by atoms with E-state index >= 15 is 0 Å². The van der Waals surface area contributed by atoms with E-state index in [1.807, 2.05) is 26.8 Å². The van der Waals surface area contributed by atoms with Gasteiger partial charge in [-0.3, -0.25) is 0 Å². The second-order valence-corrected chi connectivity index (χ2v) is 11.8. The molecule has 1 nitrogen and oxygen atoms in total. The number of allylic oxidation sites excluding steroid dienone is 3. The fourth-order valence-electron chi connectivity index (χ4n) is 1.37. The Balaban J connectivity index is 2.99. The molecular weight excluding hydrogens is 256 g/mol. The van der Waals surface area contributed by atoms with Crippen LogP contribution in [0.4, 0.5) is 0 Å². The van der Waals surface area contributed by atoms with Crippen molar-refractivity contribution in [3.8, 4) is 11.5 Å². The first-order valence-corrected chi connectivity index (χ1v) is 10.1. The normalized spacial score (nSPS) is 16.4. The van der Waals surface area contributed by atoms with Crippen LogP contribution in [0, 0.1) is 11.5 Å². The first-order valence-electron chi connectivity index (χ1n) is 6.24. The predicted molar refractivity (Wildman–Crippen MR) is 85.3 cm³/mol. The third-order valence-corrected chi connectivity index (χ3v) is 3.21. The average Bonchev–Trinajstić information content (AvgIpc) is 2.12. The maximum absolute atomic E-state index is 5.95. The summed E-state index contributed by atoms with van der Waals surface area (Å²) in [7, 11) is -1.36. The maximum atomic E-state index is 5.95. The summed E-state index contributed by atoms with van der Waals surface area (Å²) in [5.41, 5.74) is 4.14. The van der Waals surface area contributed by atoms with Gasteiger partial charge in [-0.05, 0) is 26.8 Å². The lowest BCUT2D eigenvalue weighted by atomic mass is 10.0. The van der Waals surface area contributed by atoms with Gasteiger partial charge in [0.15, 0.2) is 0 Å². The van der Waals surface area contributed by atoms with Crippen molar-refractivity contribution in [2.45, 2.75) is 52.4 Å². The van der Waals surface area contributed by atoms with E-state index in [2.05, 4.69) is 37.2 Å². The van der Waals surface area contributed by atoms with Gasteiger partial charge < -0.3 is 4.74 Å². The molecular formula is C15H22OSSi. The molecule has 98 valence electrons. The second-order valence-electron chi connectivity index (χ2n) is 6.51. The lowest BCUT2D eigenvalue weighted by Gasteiger charge is -2.25. The summed E-state index contributed by atoms with van der Waals surface area (Å²) >= 11 is 5.24. The summed E-state index contributed by atoms with van der Waals surface area (Å²) in [5.74, 6) is 4.10. The molecule has 0 amide bonds. The Morgan fingerprint density at radius 1 is 1.28 bits per heavy atom. The summed E-state index contributed by atoms with van der Waals surface area (Å²) in [6, 6.07) is 0. The largest absolute Gasteiger partial charge is 0.487 e. The van der Waals surface area contributed by atoms with Crippen LogP contribution in [0.3, 0.4) is 0 Å². The van der Waals surface area contributed by atoms with Crippen LogP contribution in [0.25, 0.3) is 0 Å².